The van der Waals surface area contributed by atoms with Crippen LogP contribution in [0.4, 0.5) is 0 Å². The van der Waals surface area contributed by atoms with Crippen molar-refractivity contribution in [3.63, 3.8) is 0 Å². The number of hydrogen-bond donors (Lipinski definition) is 0. The Kier molecular flexibility index (Phi) is 8.10. The van der Waals surface area contributed by atoms with Crippen molar-refractivity contribution in [2.24, 2.45) is 0 Å². The zero-order chi connectivity index (χ0) is 16.3. The first-order valence-corrected chi connectivity index (χ1v) is 9.22. The van der Waals surface area contributed by atoms with Crippen molar-refractivity contribution in [1.29, 1.82) is 0 Å². The molecule has 23 heavy (non-hydrogen) atoms. The maximum absolute atomic E-state index is 5.86. The molecule has 0 bridgehead atoms. The molecule has 0 radical (unpaired) electrons. The molecule has 0 fully saturated rings. The second-order valence-electron chi connectivity index (χ2n) is 5.82. The van der Waals surface area contributed by atoms with E-state index in [2.05, 4.69) is 31.2 Å². The van der Waals surface area contributed by atoms with E-state index in [4.69, 9.17) is 21.1 Å². The van der Waals surface area contributed by atoms with Crippen molar-refractivity contribution in [3.05, 3.63) is 36.4 Å². The maximum Gasteiger partial charge on any atom is 0.119 e. The third-order valence-electron chi connectivity index (χ3n) is 3.85. The lowest BCUT2D eigenvalue weighted by Crippen LogP contribution is -1.98. The number of rotatable bonds is 11. The van der Waals surface area contributed by atoms with E-state index in [9.17, 15) is 0 Å². The second-order valence-corrected chi connectivity index (χ2v) is 6.20. The number of unbranched alkanes of at least 4 members (excludes halogenated alkanes) is 4. The lowest BCUT2D eigenvalue weighted by molar-refractivity contribution is 0.305. The van der Waals surface area contributed by atoms with Gasteiger partial charge in [-0.3, -0.25) is 0 Å². The number of ether oxygens (including phenoxy) is 2. The summed E-state index contributed by atoms with van der Waals surface area (Å²) in [7, 11) is 0. The first-order chi connectivity index (χ1) is 11.3. The molecule has 0 N–H and O–H groups in total. The van der Waals surface area contributed by atoms with Gasteiger partial charge in [0.25, 0.3) is 0 Å². The summed E-state index contributed by atoms with van der Waals surface area (Å²) in [6.45, 7) is 3.70. The Morgan fingerprint density at radius 2 is 1.30 bits per heavy atom. The molecule has 0 unspecified atom stereocenters. The van der Waals surface area contributed by atoms with Crippen molar-refractivity contribution in [1.82, 2.24) is 0 Å². The smallest absolute Gasteiger partial charge is 0.119 e. The summed E-state index contributed by atoms with van der Waals surface area (Å²) in [5, 5.41) is 2.35. The molecule has 0 saturated heterocycles. The molecular weight excluding hydrogens is 308 g/mol. The third-order valence-corrected chi connectivity index (χ3v) is 4.11. The molecule has 2 rings (SSSR count). The first-order valence-electron chi connectivity index (χ1n) is 8.69. The highest BCUT2D eigenvalue weighted by Gasteiger charge is 2.01. The Labute approximate surface area is 144 Å². The van der Waals surface area contributed by atoms with Crippen LogP contribution >= 0.6 is 11.6 Å². The summed E-state index contributed by atoms with van der Waals surface area (Å²) < 4.78 is 11.5. The van der Waals surface area contributed by atoms with Gasteiger partial charge < -0.3 is 9.47 Å². The zero-order valence-electron chi connectivity index (χ0n) is 14.0. The van der Waals surface area contributed by atoms with Gasteiger partial charge in [0.2, 0.25) is 0 Å². The predicted octanol–water partition coefficient (Wildman–Crippen LogP) is 6.20. The largest absolute Gasteiger partial charge is 0.494 e. The average molecular weight is 335 g/mol. The van der Waals surface area contributed by atoms with Gasteiger partial charge in [-0.05, 0) is 47.9 Å². The van der Waals surface area contributed by atoms with Crippen LogP contribution in [-0.2, 0) is 0 Å². The number of alkyl halides is 1. The monoisotopic (exact) mass is 334 g/mol. The molecule has 0 aromatic heterocycles. The van der Waals surface area contributed by atoms with E-state index < -0.39 is 0 Å². The molecule has 0 spiro atoms. The fourth-order valence-electron chi connectivity index (χ4n) is 2.52. The van der Waals surface area contributed by atoms with Crippen molar-refractivity contribution in [3.8, 4) is 11.5 Å². The van der Waals surface area contributed by atoms with Gasteiger partial charge in [0.1, 0.15) is 11.5 Å². The number of fused-ring (bicyclic) bond motifs is 1. The summed E-state index contributed by atoms with van der Waals surface area (Å²) >= 11 is 5.66. The molecule has 0 aliphatic heterocycles. The van der Waals surface area contributed by atoms with E-state index in [1.165, 1.54) is 36.5 Å². The van der Waals surface area contributed by atoms with Crippen molar-refractivity contribution in [2.45, 2.75) is 45.4 Å². The highest BCUT2D eigenvalue weighted by atomic mass is 35.5. The number of hydrogen-bond acceptors (Lipinski definition) is 2. The minimum Gasteiger partial charge on any atom is -0.494 e. The lowest BCUT2D eigenvalue weighted by atomic mass is 10.1. The summed E-state index contributed by atoms with van der Waals surface area (Å²) in [5.41, 5.74) is 0. The van der Waals surface area contributed by atoms with Crippen LogP contribution < -0.4 is 9.47 Å². The minimum absolute atomic E-state index is 0.632. The zero-order valence-corrected chi connectivity index (χ0v) is 14.8. The molecule has 3 heteroatoms. The topological polar surface area (TPSA) is 18.5 Å². The third kappa shape index (κ3) is 6.31. The molecular formula is C20H27ClO2. The van der Waals surface area contributed by atoms with Crippen molar-refractivity contribution in [2.75, 3.05) is 19.1 Å². The van der Waals surface area contributed by atoms with Crippen LogP contribution in [0.25, 0.3) is 10.8 Å². The summed E-state index contributed by atoms with van der Waals surface area (Å²) in [5.74, 6) is 2.48. The number of benzene rings is 2. The molecule has 0 atom stereocenters. The van der Waals surface area contributed by atoms with Gasteiger partial charge in [0, 0.05) is 5.88 Å². The first kappa shape index (κ1) is 17.9. The van der Waals surface area contributed by atoms with Gasteiger partial charge >= 0.3 is 0 Å². The van der Waals surface area contributed by atoms with Crippen LogP contribution in [0, 0.1) is 0 Å². The molecule has 0 heterocycles. The summed E-state index contributed by atoms with van der Waals surface area (Å²) in [6, 6.07) is 12.4. The predicted molar refractivity (Wildman–Crippen MR) is 99.0 cm³/mol. The molecule has 2 aromatic rings. The molecule has 0 aliphatic carbocycles. The minimum atomic E-state index is 0.632. The fraction of sp³-hybridized carbons (Fsp3) is 0.500. The highest BCUT2D eigenvalue weighted by molar-refractivity contribution is 6.17. The summed E-state index contributed by atoms with van der Waals surface area (Å²) in [6.07, 6.45) is 7.17. The quantitative estimate of drug-likeness (QED) is 0.360. The van der Waals surface area contributed by atoms with Crippen LogP contribution in [0.2, 0.25) is 0 Å². The standard InChI is InChI=1S/C20H27ClO2/c1-2-3-4-5-6-13-22-19-10-8-18-16-20(23-14-7-12-21)11-9-17(18)15-19/h8-11,15-16H,2-7,12-14H2,1H3. The fourth-order valence-corrected chi connectivity index (χ4v) is 2.63. The van der Waals surface area contributed by atoms with Gasteiger partial charge in [-0.2, -0.15) is 0 Å². The molecule has 0 amide bonds. The van der Waals surface area contributed by atoms with E-state index in [1.807, 2.05) is 12.1 Å². The van der Waals surface area contributed by atoms with E-state index in [-0.39, 0.29) is 0 Å². The Hall–Kier alpha value is -1.41. The number of halogens is 1. The Balaban J connectivity index is 1.85. The second kappa shape index (κ2) is 10.4. The van der Waals surface area contributed by atoms with Gasteiger partial charge in [-0.25, -0.2) is 0 Å². The van der Waals surface area contributed by atoms with Gasteiger partial charge in [0.15, 0.2) is 0 Å². The van der Waals surface area contributed by atoms with Gasteiger partial charge in [-0.1, -0.05) is 44.7 Å². The molecule has 0 aliphatic rings. The SMILES string of the molecule is CCCCCCCOc1ccc2cc(OCCCCl)ccc2c1. The van der Waals surface area contributed by atoms with E-state index in [1.54, 1.807) is 0 Å². The highest BCUT2D eigenvalue weighted by Crippen LogP contribution is 2.25. The molecule has 126 valence electrons. The maximum atomic E-state index is 5.86. The summed E-state index contributed by atoms with van der Waals surface area (Å²) in [4.78, 5) is 0. The Bertz CT molecular complexity index is 583. The Morgan fingerprint density at radius 3 is 1.87 bits per heavy atom. The Morgan fingerprint density at radius 1 is 0.739 bits per heavy atom. The van der Waals surface area contributed by atoms with Crippen LogP contribution in [0.1, 0.15) is 45.4 Å². The van der Waals surface area contributed by atoms with Crippen LogP contribution in [0.5, 0.6) is 11.5 Å². The molecule has 2 nitrogen and oxygen atoms in total. The normalized spacial score (nSPS) is 10.9. The van der Waals surface area contributed by atoms with Crippen LogP contribution in [0.3, 0.4) is 0 Å². The van der Waals surface area contributed by atoms with Crippen LogP contribution in [-0.4, -0.2) is 19.1 Å². The molecule has 2 aromatic carbocycles. The van der Waals surface area contributed by atoms with E-state index >= 15 is 0 Å². The van der Waals surface area contributed by atoms with Crippen LogP contribution in [0.15, 0.2) is 36.4 Å². The van der Waals surface area contributed by atoms with Gasteiger partial charge in [-0.15, -0.1) is 11.6 Å². The van der Waals surface area contributed by atoms with Crippen molar-refractivity contribution >= 4 is 22.4 Å². The lowest BCUT2D eigenvalue weighted by Gasteiger charge is -2.09. The van der Waals surface area contributed by atoms with E-state index in [0.717, 1.165) is 30.9 Å². The van der Waals surface area contributed by atoms with E-state index in [0.29, 0.717) is 12.5 Å². The average Bonchev–Trinajstić information content (AvgIpc) is 2.58. The molecule has 0 saturated carbocycles. The van der Waals surface area contributed by atoms with Crippen molar-refractivity contribution < 1.29 is 9.47 Å². The van der Waals surface area contributed by atoms with Gasteiger partial charge in [0.05, 0.1) is 13.2 Å².